The van der Waals surface area contributed by atoms with E-state index in [4.69, 9.17) is 9.72 Å². The zero-order chi connectivity index (χ0) is 24.4. The lowest BCUT2D eigenvalue weighted by Gasteiger charge is -2.17. The molecule has 0 radical (unpaired) electrons. The number of halogens is 1. The summed E-state index contributed by atoms with van der Waals surface area (Å²) in [5.41, 5.74) is 5.11. The summed E-state index contributed by atoms with van der Waals surface area (Å²) in [6.45, 7) is 6.16. The first-order valence-corrected chi connectivity index (χ1v) is 12.2. The van der Waals surface area contributed by atoms with E-state index in [1.807, 2.05) is 18.2 Å². The second-order valence-electron chi connectivity index (χ2n) is 9.32. The number of rotatable bonds is 8. The van der Waals surface area contributed by atoms with Crippen molar-refractivity contribution in [2.75, 3.05) is 18.1 Å². The summed E-state index contributed by atoms with van der Waals surface area (Å²) in [6.07, 6.45) is 2.27. The van der Waals surface area contributed by atoms with Crippen molar-refractivity contribution < 1.29 is 13.9 Å². The predicted molar refractivity (Wildman–Crippen MR) is 136 cm³/mol. The van der Waals surface area contributed by atoms with E-state index in [-0.39, 0.29) is 17.6 Å². The lowest BCUT2D eigenvalue weighted by Crippen LogP contribution is -2.24. The molecule has 1 fully saturated rings. The number of aromatic nitrogens is 2. The molecule has 2 heterocycles. The fourth-order valence-corrected chi connectivity index (χ4v) is 4.81. The fourth-order valence-electron chi connectivity index (χ4n) is 4.81. The summed E-state index contributed by atoms with van der Waals surface area (Å²) in [5, 5.41) is 0. The van der Waals surface area contributed by atoms with Crippen molar-refractivity contribution in [1.82, 2.24) is 9.55 Å². The van der Waals surface area contributed by atoms with Gasteiger partial charge in [-0.3, -0.25) is 4.79 Å². The van der Waals surface area contributed by atoms with E-state index >= 15 is 0 Å². The van der Waals surface area contributed by atoms with Gasteiger partial charge in [0.25, 0.3) is 0 Å². The van der Waals surface area contributed by atoms with Crippen LogP contribution in [0.25, 0.3) is 11.0 Å². The van der Waals surface area contributed by atoms with Crippen LogP contribution in [0.2, 0.25) is 0 Å². The summed E-state index contributed by atoms with van der Waals surface area (Å²) in [4.78, 5) is 19.5. The predicted octanol–water partition coefficient (Wildman–Crippen LogP) is 6.17. The summed E-state index contributed by atoms with van der Waals surface area (Å²) in [6, 6.07) is 20.5. The first kappa shape index (κ1) is 23.1. The Balaban J connectivity index is 1.29. The number of fused-ring (bicyclic) bond motifs is 1. The average Bonchev–Trinajstić information content (AvgIpc) is 3.42. The maximum absolute atomic E-state index is 13.4. The smallest absolute Gasteiger partial charge is 0.227 e. The van der Waals surface area contributed by atoms with E-state index in [9.17, 15) is 9.18 Å². The molecule has 1 atom stereocenters. The molecule has 1 amide bonds. The molecule has 3 aromatic carbocycles. The molecule has 0 aliphatic carbocycles. The Kier molecular flexibility index (Phi) is 6.53. The highest BCUT2D eigenvalue weighted by molar-refractivity contribution is 5.96. The minimum absolute atomic E-state index is 0.00820. The van der Waals surface area contributed by atoms with Crippen molar-refractivity contribution in [1.29, 1.82) is 0 Å². The van der Waals surface area contributed by atoms with Gasteiger partial charge in [0.15, 0.2) is 0 Å². The molecule has 0 spiro atoms. The Morgan fingerprint density at radius 3 is 2.66 bits per heavy atom. The number of benzene rings is 3. The number of amides is 1. The second kappa shape index (κ2) is 9.90. The van der Waals surface area contributed by atoms with Crippen LogP contribution in [0.1, 0.15) is 42.1 Å². The van der Waals surface area contributed by atoms with E-state index < -0.39 is 0 Å². The molecule has 180 valence electrons. The number of carbonyl (C=O) groups excluding carboxylic acids is 1. The molecule has 0 unspecified atom stereocenters. The molecule has 1 aromatic heterocycles. The van der Waals surface area contributed by atoms with Crippen LogP contribution < -0.4 is 9.64 Å². The maximum atomic E-state index is 13.4. The normalized spacial score (nSPS) is 15.8. The van der Waals surface area contributed by atoms with Crippen molar-refractivity contribution in [3.05, 3.63) is 89.5 Å². The second-order valence-corrected chi connectivity index (χ2v) is 9.32. The summed E-state index contributed by atoms with van der Waals surface area (Å²) in [5.74, 6) is 1.62. The van der Waals surface area contributed by atoms with Crippen LogP contribution in [0.3, 0.4) is 0 Å². The molecule has 0 bridgehead atoms. The molecular formula is C29H30FN3O2. The van der Waals surface area contributed by atoms with E-state index in [1.54, 1.807) is 17.0 Å². The number of hydrogen-bond donors (Lipinski definition) is 0. The molecule has 6 heteroatoms. The monoisotopic (exact) mass is 471 g/mol. The highest BCUT2D eigenvalue weighted by Crippen LogP contribution is 2.33. The molecule has 5 nitrogen and oxygen atoms in total. The van der Waals surface area contributed by atoms with Crippen LogP contribution >= 0.6 is 0 Å². The lowest BCUT2D eigenvalue weighted by molar-refractivity contribution is -0.117. The van der Waals surface area contributed by atoms with Crippen LogP contribution in [-0.4, -0.2) is 28.6 Å². The Morgan fingerprint density at radius 1 is 1.03 bits per heavy atom. The summed E-state index contributed by atoms with van der Waals surface area (Å²) in [7, 11) is 0. The maximum Gasteiger partial charge on any atom is 0.227 e. The lowest BCUT2D eigenvalue weighted by atomic mass is 10.1. The number of para-hydroxylation sites is 2. The zero-order valence-corrected chi connectivity index (χ0v) is 20.2. The van der Waals surface area contributed by atoms with Crippen LogP contribution in [0, 0.1) is 19.7 Å². The minimum atomic E-state index is -0.305. The van der Waals surface area contributed by atoms with E-state index in [0.717, 1.165) is 53.2 Å². The number of imidazole rings is 1. The van der Waals surface area contributed by atoms with Gasteiger partial charge in [0.1, 0.15) is 17.4 Å². The van der Waals surface area contributed by atoms with Crippen LogP contribution in [0.15, 0.2) is 66.7 Å². The molecule has 5 rings (SSSR count). The Morgan fingerprint density at radius 2 is 1.83 bits per heavy atom. The van der Waals surface area contributed by atoms with E-state index in [0.29, 0.717) is 19.6 Å². The third-order valence-corrected chi connectivity index (χ3v) is 6.69. The standard InChI is InChI=1S/C29H30FN3O2/c1-20-9-10-21(2)27(17-20)35-16-6-5-15-32-26-8-4-3-7-25(26)31-29(32)22-18-28(34)33(19-22)24-13-11-23(30)12-14-24/h3-4,7-14,17,22H,5-6,15-16,18-19H2,1-2H3/t22-/m0/s1. The van der Waals surface area contributed by atoms with Gasteiger partial charge in [0.05, 0.1) is 17.6 Å². The highest BCUT2D eigenvalue weighted by atomic mass is 19.1. The van der Waals surface area contributed by atoms with Gasteiger partial charge in [0.2, 0.25) is 5.91 Å². The number of hydrogen-bond acceptors (Lipinski definition) is 3. The van der Waals surface area contributed by atoms with Gasteiger partial charge in [-0.25, -0.2) is 9.37 Å². The van der Waals surface area contributed by atoms with Crippen molar-refractivity contribution in [3.63, 3.8) is 0 Å². The quantitative estimate of drug-likeness (QED) is 0.289. The fraction of sp³-hybridized carbons (Fsp3) is 0.310. The number of ether oxygens (including phenoxy) is 1. The number of aryl methyl sites for hydroxylation is 3. The summed E-state index contributed by atoms with van der Waals surface area (Å²) < 4.78 is 21.7. The van der Waals surface area contributed by atoms with Gasteiger partial charge >= 0.3 is 0 Å². The molecule has 1 aliphatic heterocycles. The van der Waals surface area contributed by atoms with Crippen molar-refractivity contribution >= 4 is 22.6 Å². The topological polar surface area (TPSA) is 47.4 Å². The van der Waals surface area contributed by atoms with Crippen LogP contribution in [0.5, 0.6) is 5.75 Å². The summed E-state index contributed by atoms with van der Waals surface area (Å²) >= 11 is 0. The molecule has 1 saturated heterocycles. The number of anilines is 1. The molecule has 0 N–H and O–H groups in total. The third kappa shape index (κ3) is 4.92. The largest absolute Gasteiger partial charge is 0.493 e. The van der Waals surface area contributed by atoms with Gasteiger partial charge < -0.3 is 14.2 Å². The Bertz CT molecular complexity index is 1350. The van der Waals surface area contributed by atoms with Gasteiger partial charge in [-0.1, -0.05) is 24.3 Å². The molecule has 0 saturated carbocycles. The molecular weight excluding hydrogens is 441 g/mol. The highest BCUT2D eigenvalue weighted by Gasteiger charge is 2.34. The number of nitrogens with zero attached hydrogens (tertiary/aromatic N) is 3. The molecule has 4 aromatic rings. The SMILES string of the molecule is Cc1ccc(C)c(OCCCCn2c([C@H]3CC(=O)N(c4ccc(F)cc4)C3)nc3ccccc32)c1. The van der Waals surface area contributed by atoms with Crippen molar-refractivity contribution in [2.24, 2.45) is 0 Å². The van der Waals surface area contributed by atoms with E-state index in [1.165, 1.54) is 17.7 Å². The van der Waals surface area contributed by atoms with Crippen LogP contribution in [0.4, 0.5) is 10.1 Å². The number of carbonyl (C=O) groups is 1. The van der Waals surface area contributed by atoms with Crippen LogP contribution in [-0.2, 0) is 11.3 Å². The van der Waals surface area contributed by atoms with Crippen molar-refractivity contribution in [3.8, 4) is 5.75 Å². The minimum Gasteiger partial charge on any atom is -0.493 e. The molecule has 35 heavy (non-hydrogen) atoms. The Hall–Kier alpha value is -3.67. The molecule has 1 aliphatic rings. The first-order valence-electron chi connectivity index (χ1n) is 12.2. The van der Waals surface area contributed by atoms with E-state index in [2.05, 4.69) is 42.7 Å². The van der Waals surface area contributed by atoms with Gasteiger partial charge in [-0.2, -0.15) is 0 Å². The van der Waals surface area contributed by atoms with Gasteiger partial charge in [0, 0.05) is 31.1 Å². The van der Waals surface area contributed by atoms with Gasteiger partial charge in [-0.15, -0.1) is 0 Å². The first-order chi connectivity index (χ1) is 17.0. The Labute approximate surface area is 205 Å². The third-order valence-electron chi connectivity index (χ3n) is 6.69. The average molecular weight is 472 g/mol. The van der Waals surface area contributed by atoms with Gasteiger partial charge in [-0.05, 0) is 80.3 Å². The van der Waals surface area contributed by atoms with Crippen molar-refractivity contribution in [2.45, 2.75) is 45.6 Å². The number of unbranched alkanes of at least 4 members (excludes halogenated alkanes) is 1. The zero-order valence-electron chi connectivity index (χ0n) is 20.2.